The summed E-state index contributed by atoms with van der Waals surface area (Å²) < 4.78 is 0. The van der Waals surface area contributed by atoms with Crippen LogP contribution < -0.4 is 5.32 Å². The molecule has 1 rings (SSSR count). The zero-order chi connectivity index (χ0) is 14.5. The van der Waals surface area contributed by atoms with Crippen LogP contribution in [0, 0.1) is 0 Å². The normalized spacial score (nSPS) is 13.1. The maximum absolute atomic E-state index is 11.7. The Bertz CT molecular complexity index is 418. The molecule has 0 fully saturated rings. The highest BCUT2D eigenvalue weighted by molar-refractivity contribution is 7.99. The van der Waals surface area contributed by atoms with Crippen molar-refractivity contribution in [3.63, 3.8) is 0 Å². The van der Waals surface area contributed by atoms with Crippen LogP contribution in [0.25, 0.3) is 0 Å². The van der Waals surface area contributed by atoms with Gasteiger partial charge >= 0.3 is 0 Å². The van der Waals surface area contributed by atoms with Gasteiger partial charge in [0, 0.05) is 10.8 Å². The fourth-order valence-corrected chi connectivity index (χ4v) is 2.26. The van der Waals surface area contributed by atoms with Crippen LogP contribution in [0.3, 0.4) is 0 Å². The maximum atomic E-state index is 11.7. The van der Waals surface area contributed by atoms with E-state index in [9.17, 15) is 9.90 Å². The number of hydrogen-bond donors (Lipinski definition) is 2. The number of aliphatic hydroxyl groups is 1. The fourth-order valence-electron chi connectivity index (χ4n) is 1.34. The number of aliphatic hydroxyl groups excluding tert-OH is 1. The van der Waals surface area contributed by atoms with Crippen molar-refractivity contribution in [1.82, 2.24) is 5.32 Å². The number of hydrogen-bond acceptors (Lipinski definition) is 3. The Morgan fingerprint density at radius 1 is 1.42 bits per heavy atom. The maximum Gasteiger partial charge on any atom is 0.230 e. The van der Waals surface area contributed by atoms with E-state index in [4.69, 9.17) is 11.6 Å². The summed E-state index contributed by atoms with van der Waals surface area (Å²) in [5.74, 6) is 1.07. The number of amides is 1. The van der Waals surface area contributed by atoms with E-state index in [1.54, 1.807) is 20.8 Å². The van der Waals surface area contributed by atoms with Gasteiger partial charge in [-0.25, -0.2) is 0 Å². The molecule has 1 atom stereocenters. The Labute approximate surface area is 123 Å². The Morgan fingerprint density at radius 2 is 2.00 bits per heavy atom. The van der Waals surface area contributed by atoms with Gasteiger partial charge in [-0.05, 0) is 38.5 Å². The van der Waals surface area contributed by atoms with E-state index in [2.05, 4.69) is 5.32 Å². The highest BCUT2D eigenvalue weighted by Gasteiger charge is 2.25. The minimum atomic E-state index is -0.599. The van der Waals surface area contributed by atoms with Crippen molar-refractivity contribution in [2.45, 2.75) is 38.2 Å². The molecule has 0 aliphatic rings. The second kappa shape index (κ2) is 7.17. The monoisotopic (exact) mass is 301 g/mol. The number of thioether (sulfide) groups is 1. The van der Waals surface area contributed by atoms with Crippen molar-refractivity contribution >= 4 is 29.3 Å². The summed E-state index contributed by atoms with van der Waals surface area (Å²) in [6.45, 7) is 5.28. The average molecular weight is 302 g/mol. The number of benzene rings is 1. The fraction of sp³-hybridized carbons (Fsp3) is 0.500. The lowest BCUT2D eigenvalue weighted by Gasteiger charge is -2.29. The highest BCUT2D eigenvalue weighted by Crippen LogP contribution is 2.16. The van der Waals surface area contributed by atoms with E-state index < -0.39 is 11.6 Å². The highest BCUT2D eigenvalue weighted by atomic mass is 35.5. The van der Waals surface area contributed by atoms with Gasteiger partial charge < -0.3 is 10.4 Å². The zero-order valence-electron chi connectivity index (χ0n) is 11.4. The lowest BCUT2D eigenvalue weighted by Crippen LogP contribution is -2.51. The topological polar surface area (TPSA) is 49.3 Å². The minimum absolute atomic E-state index is 0.0649. The van der Waals surface area contributed by atoms with Crippen molar-refractivity contribution < 1.29 is 9.90 Å². The molecule has 0 aliphatic heterocycles. The molecule has 2 N–H and O–H groups in total. The molecule has 1 unspecified atom stereocenters. The first-order valence-electron chi connectivity index (χ1n) is 6.12. The third-order valence-corrected chi connectivity index (χ3v) is 4.18. The molecule has 0 radical (unpaired) electrons. The summed E-state index contributed by atoms with van der Waals surface area (Å²) in [4.78, 5) is 11.7. The van der Waals surface area contributed by atoms with Gasteiger partial charge in [-0.2, -0.15) is 0 Å². The Kier molecular flexibility index (Phi) is 6.17. The van der Waals surface area contributed by atoms with E-state index in [0.717, 1.165) is 11.3 Å². The number of rotatable bonds is 6. The number of nitrogens with one attached hydrogen (secondary N) is 1. The van der Waals surface area contributed by atoms with E-state index in [1.807, 2.05) is 24.3 Å². The first-order chi connectivity index (χ1) is 8.81. The van der Waals surface area contributed by atoms with Crippen LogP contribution in [0.15, 0.2) is 24.3 Å². The van der Waals surface area contributed by atoms with Crippen molar-refractivity contribution in [2.75, 3.05) is 5.75 Å². The zero-order valence-corrected chi connectivity index (χ0v) is 13.0. The van der Waals surface area contributed by atoms with Gasteiger partial charge in [-0.3, -0.25) is 4.79 Å². The average Bonchev–Trinajstić information content (AvgIpc) is 2.31. The molecule has 0 saturated carbocycles. The molecule has 0 heterocycles. The summed E-state index contributed by atoms with van der Waals surface area (Å²) in [7, 11) is 0. The quantitative estimate of drug-likeness (QED) is 0.849. The van der Waals surface area contributed by atoms with Crippen LogP contribution in [0.5, 0.6) is 0 Å². The smallest absolute Gasteiger partial charge is 0.230 e. The Hall–Kier alpha value is -0.710. The second-order valence-corrected chi connectivity index (χ2v) is 6.49. The molecule has 106 valence electrons. The SMILES string of the molecule is CC(O)C(C)(C)NC(=O)CSCc1ccc(Cl)cc1. The molecule has 19 heavy (non-hydrogen) atoms. The van der Waals surface area contributed by atoms with Crippen LogP contribution in [0.4, 0.5) is 0 Å². The molecule has 1 aromatic rings. The standard InChI is InChI=1S/C14H20ClNO2S/c1-10(17)14(2,3)16-13(18)9-19-8-11-4-6-12(15)7-5-11/h4-7,10,17H,8-9H2,1-3H3,(H,16,18). The molecule has 0 aliphatic carbocycles. The molecule has 0 bridgehead atoms. The molecule has 1 amide bonds. The minimum Gasteiger partial charge on any atom is -0.391 e. The summed E-state index contributed by atoms with van der Waals surface area (Å²) in [6, 6.07) is 7.59. The van der Waals surface area contributed by atoms with Crippen molar-refractivity contribution in [3.05, 3.63) is 34.9 Å². The molecular formula is C14H20ClNO2S. The Morgan fingerprint density at radius 3 is 2.53 bits per heavy atom. The van der Waals surface area contributed by atoms with Crippen molar-refractivity contribution in [3.8, 4) is 0 Å². The van der Waals surface area contributed by atoms with Gasteiger partial charge in [-0.1, -0.05) is 23.7 Å². The van der Waals surface area contributed by atoms with Gasteiger partial charge in [0.2, 0.25) is 5.91 Å². The van der Waals surface area contributed by atoms with Gasteiger partial charge in [-0.15, -0.1) is 11.8 Å². The van der Waals surface area contributed by atoms with Gasteiger partial charge in [0.05, 0.1) is 17.4 Å². The predicted molar refractivity (Wildman–Crippen MR) is 81.5 cm³/mol. The summed E-state index contributed by atoms with van der Waals surface area (Å²) in [6.07, 6.45) is -0.585. The van der Waals surface area contributed by atoms with E-state index in [1.165, 1.54) is 11.8 Å². The van der Waals surface area contributed by atoms with E-state index in [-0.39, 0.29) is 5.91 Å². The summed E-state index contributed by atoms with van der Waals surface area (Å²) in [5.41, 5.74) is 0.537. The van der Waals surface area contributed by atoms with Crippen LogP contribution in [0.2, 0.25) is 5.02 Å². The molecule has 5 heteroatoms. The first-order valence-corrected chi connectivity index (χ1v) is 7.66. The third-order valence-electron chi connectivity index (χ3n) is 2.92. The largest absolute Gasteiger partial charge is 0.391 e. The number of carbonyl (C=O) groups excluding carboxylic acids is 1. The van der Waals surface area contributed by atoms with Crippen LogP contribution in [0.1, 0.15) is 26.3 Å². The Balaban J connectivity index is 2.33. The van der Waals surface area contributed by atoms with Crippen LogP contribution in [-0.2, 0) is 10.5 Å². The molecule has 0 spiro atoms. The summed E-state index contributed by atoms with van der Waals surface area (Å²) in [5, 5.41) is 13.1. The van der Waals surface area contributed by atoms with Crippen molar-refractivity contribution in [2.24, 2.45) is 0 Å². The van der Waals surface area contributed by atoms with E-state index >= 15 is 0 Å². The molecule has 0 aromatic heterocycles. The van der Waals surface area contributed by atoms with E-state index in [0.29, 0.717) is 10.8 Å². The third kappa shape index (κ3) is 5.85. The number of halogens is 1. The predicted octanol–water partition coefficient (Wildman–Crippen LogP) is 2.85. The molecular weight excluding hydrogens is 282 g/mol. The summed E-state index contributed by atoms with van der Waals surface area (Å²) >= 11 is 7.34. The van der Waals surface area contributed by atoms with Gasteiger partial charge in [0.15, 0.2) is 0 Å². The van der Waals surface area contributed by atoms with Crippen molar-refractivity contribution in [1.29, 1.82) is 0 Å². The lowest BCUT2D eigenvalue weighted by atomic mass is 9.99. The van der Waals surface area contributed by atoms with Gasteiger partial charge in [0.1, 0.15) is 0 Å². The van der Waals surface area contributed by atoms with Crippen LogP contribution in [-0.4, -0.2) is 28.4 Å². The second-order valence-electron chi connectivity index (χ2n) is 5.07. The molecule has 1 aromatic carbocycles. The lowest BCUT2D eigenvalue weighted by molar-refractivity contribution is -0.121. The van der Waals surface area contributed by atoms with Gasteiger partial charge in [0.25, 0.3) is 0 Å². The van der Waals surface area contributed by atoms with Crippen LogP contribution >= 0.6 is 23.4 Å². The number of carbonyl (C=O) groups is 1. The molecule has 3 nitrogen and oxygen atoms in total. The molecule has 0 saturated heterocycles. The first kappa shape index (κ1) is 16.3.